The van der Waals surface area contributed by atoms with Crippen LogP contribution in [0.1, 0.15) is 32.4 Å². The van der Waals surface area contributed by atoms with E-state index in [-0.39, 0.29) is 0 Å². The molecule has 0 unspecified atom stereocenters. The van der Waals surface area contributed by atoms with E-state index in [0.29, 0.717) is 5.56 Å². The Morgan fingerprint density at radius 2 is 2.17 bits per heavy atom. The van der Waals surface area contributed by atoms with Crippen LogP contribution in [0.3, 0.4) is 0 Å². The van der Waals surface area contributed by atoms with E-state index in [9.17, 15) is 9.00 Å². The van der Waals surface area contributed by atoms with Crippen LogP contribution >= 0.6 is 0 Å². The largest absolute Gasteiger partial charge is 0.468 e. The van der Waals surface area contributed by atoms with Gasteiger partial charge < -0.3 is 4.74 Å². The fourth-order valence-electron chi connectivity index (χ4n) is 1.20. The number of nitrogens with one attached hydrogen (secondary N) is 1. The van der Waals surface area contributed by atoms with E-state index < -0.39 is 27.7 Å². The molecule has 0 amide bonds. The van der Waals surface area contributed by atoms with Crippen molar-refractivity contribution in [1.82, 2.24) is 9.71 Å². The van der Waals surface area contributed by atoms with E-state index in [1.54, 1.807) is 24.5 Å². The molecule has 5 nitrogen and oxygen atoms in total. The van der Waals surface area contributed by atoms with Crippen molar-refractivity contribution in [2.75, 3.05) is 7.11 Å². The lowest BCUT2D eigenvalue weighted by Crippen LogP contribution is -2.39. The van der Waals surface area contributed by atoms with Gasteiger partial charge in [0.1, 0.15) is 6.04 Å². The van der Waals surface area contributed by atoms with Crippen molar-refractivity contribution in [2.24, 2.45) is 0 Å². The summed E-state index contributed by atoms with van der Waals surface area (Å²) in [6.07, 6.45) is 3.16. The number of carbonyl (C=O) groups excluding carboxylic acids is 1. The zero-order chi connectivity index (χ0) is 13.8. The summed E-state index contributed by atoms with van der Waals surface area (Å²) in [4.78, 5) is 15.7. The molecule has 0 fully saturated rings. The van der Waals surface area contributed by atoms with E-state index in [1.807, 2.05) is 20.8 Å². The molecule has 0 radical (unpaired) electrons. The first-order chi connectivity index (χ1) is 8.36. The average molecular weight is 270 g/mol. The van der Waals surface area contributed by atoms with Crippen molar-refractivity contribution >= 4 is 17.0 Å². The van der Waals surface area contributed by atoms with Gasteiger partial charge in [0, 0.05) is 12.4 Å². The van der Waals surface area contributed by atoms with Crippen LogP contribution < -0.4 is 4.72 Å². The SMILES string of the molecule is COC(=O)[C@H](N[S@](=O)C(C)(C)C)c1cccnc1. The third-order valence-electron chi connectivity index (χ3n) is 2.24. The lowest BCUT2D eigenvalue weighted by Gasteiger charge is -2.22. The number of nitrogens with zero attached hydrogens (tertiary/aromatic N) is 1. The summed E-state index contributed by atoms with van der Waals surface area (Å²) in [5, 5.41) is 0. The quantitative estimate of drug-likeness (QED) is 0.839. The number of esters is 1. The summed E-state index contributed by atoms with van der Waals surface area (Å²) in [5.74, 6) is -0.486. The Kier molecular flexibility index (Phi) is 4.98. The number of pyridine rings is 1. The van der Waals surface area contributed by atoms with Crippen molar-refractivity contribution in [1.29, 1.82) is 0 Å². The van der Waals surface area contributed by atoms with Gasteiger partial charge in [-0.1, -0.05) is 6.07 Å². The lowest BCUT2D eigenvalue weighted by atomic mass is 10.1. The maximum atomic E-state index is 12.0. The number of carbonyl (C=O) groups is 1. The Balaban J connectivity index is 2.95. The van der Waals surface area contributed by atoms with Gasteiger partial charge in [-0.05, 0) is 32.4 Å². The van der Waals surface area contributed by atoms with E-state index >= 15 is 0 Å². The van der Waals surface area contributed by atoms with Crippen molar-refractivity contribution in [3.8, 4) is 0 Å². The Bertz CT molecular complexity index is 429. The highest BCUT2D eigenvalue weighted by Crippen LogP contribution is 2.17. The number of hydrogen-bond acceptors (Lipinski definition) is 4. The highest BCUT2D eigenvalue weighted by atomic mass is 32.2. The molecular weight excluding hydrogens is 252 g/mol. The molecule has 0 saturated heterocycles. The highest BCUT2D eigenvalue weighted by Gasteiger charge is 2.28. The van der Waals surface area contributed by atoms with Gasteiger partial charge in [0.05, 0.1) is 22.8 Å². The fourth-order valence-corrected chi connectivity index (χ4v) is 2.00. The number of hydrogen-bond donors (Lipinski definition) is 1. The van der Waals surface area contributed by atoms with Crippen molar-refractivity contribution in [3.05, 3.63) is 30.1 Å². The van der Waals surface area contributed by atoms with Gasteiger partial charge in [0.2, 0.25) is 0 Å². The summed E-state index contributed by atoms with van der Waals surface area (Å²) < 4.78 is 19.1. The summed E-state index contributed by atoms with van der Waals surface area (Å²) in [5.41, 5.74) is 0.627. The number of rotatable bonds is 4. The first-order valence-electron chi connectivity index (χ1n) is 5.52. The molecule has 100 valence electrons. The monoisotopic (exact) mass is 270 g/mol. The first-order valence-corrected chi connectivity index (χ1v) is 6.67. The number of aromatic nitrogens is 1. The Labute approximate surface area is 110 Å². The van der Waals surface area contributed by atoms with Crippen LogP contribution in [0.25, 0.3) is 0 Å². The van der Waals surface area contributed by atoms with E-state index in [2.05, 4.69) is 9.71 Å². The normalized spacial score (nSPS) is 14.9. The predicted molar refractivity (Wildman–Crippen MR) is 70.0 cm³/mol. The van der Waals surface area contributed by atoms with E-state index in [0.717, 1.165) is 0 Å². The van der Waals surface area contributed by atoms with Crippen LogP contribution in [0, 0.1) is 0 Å². The molecule has 18 heavy (non-hydrogen) atoms. The molecular formula is C12H18N2O3S. The van der Waals surface area contributed by atoms with Gasteiger partial charge in [-0.15, -0.1) is 0 Å². The smallest absolute Gasteiger partial charge is 0.328 e. The second-order valence-electron chi connectivity index (χ2n) is 4.74. The lowest BCUT2D eigenvalue weighted by molar-refractivity contribution is -0.142. The van der Waals surface area contributed by atoms with Crippen molar-refractivity contribution in [3.63, 3.8) is 0 Å². The molecule has 1 aromatic heterocycles. The van der Waals surface area contributed by atoms with Gasteiger partial charge in [-0.2, -0.15) is 0 Å². The van der Waals surface area contributed by atoms with Gasteiger partial charge in [-0.25, -0.2) is 13.7 Å². The van der Waals surface area contributed by atoms with Crippen LogP contribution in [0.4, 0.5) is 0 Å². The van der Waals surface area contributed by atoms with Gasteiger partial charge in [-0.3, -0.25) is 4.98 Å². The third-order valence-corrected chi connectivity index (χ3v) is 3.80. The molecule has 1 N–H and O–H groups in total. The molecule has 0 aliphatic heterocycles. The average Bonchev–Trinajstić information content (AvgIpc) is 2.34. The van der Waals surface area contributed by atoms with Crippen LogP contribution in [-0.4, -0.2) is 27.0 Å². The molecule has 1 heterocycles. The molecule has 0 spiro atoms. The van der Waals surface area contributed by atoms with Crippen LogP contribution in [0.15, 0.2) is 24.5 Å². The topological polar surface area (TPSA) is 68.3 Å². The molecule has 2 atom stereocenters. The molecule has 0 saturated carbocycles. The summed E-state index contributed by atoms with van der Waals surface area (Å²) in [6, 6.07) is 2.68. The third kappa shape index (κ3) is 3.89. The molecule has 1 rings (SSSR count). The highest BCUT2D eigenvalue weighted by molar-refractivity contribution is 7.84. The standard InChI is InChI=1S/C12H18N2O3S/c1-12(2,3)18(16)14-10(11(15)17-4)9-6-5-7-13-8-9/h5-8,10,14H,1-4H3/t10-,18-/m1/s1. The second-order valence-corrected chi connectivity index (χ2v) is 6.74. The maximum absolute atomic E-state index is 12.0. The molecule has 1 aromatic rings. The molecule has 6 heteroatoms. The predicted octanol–water partition coefficient (Wildman–Crippen LogP) is 1.35. The maximum Gasteiger partial charge on any atom is 0.328 e. The summed E-state index contributed by atoms with van der Waals surface area (Å²) in [7, 11) is -0.0697. The Morgan fingerprint density at radius 1 is 1.50 bits per heavy atom. The number of methoxy groups -OCH3 is 1. The fraction of sp³-hybridized carbons (Fsp3) is 0.500. The second kappa shape index (κ2) is 6.06. The van der Waals surface area contributed by atoms with Gasteiger partial charge in [0.15, 0.2) is 0 Å². The van der Waals surface area contributed by atoms with Crippen molar-refractivity contribution < 1.29 is 13.7 Å². The minimum atomic E-state index is -1.37. The van der Waals surface area contributed by atoms with Crippen molar-refractivity contribution in [2.45, 2.75) is 31.6 Å². The van der Waals surface area contributed by atoms with Crippen LogP contribution in [-0.2, 0) is 20.5 Å². The van der Waals surface area contributed by atoms with Crippen LogP contribution in [0.2, 0.25) is 0 Å². The zero-order valence-corrected chi connectivity index (χ0v) is 11.8. The zero-order valence-electron chi connectivity index (χ0n) is 11.0. The first kappa shape index (κ1) is 14.8. The Hall–Kier alpha value is -1.27. The van der Waals surface area contributed by atoms with Crippen LogP contribution in [0.5, 0.6) is 0 Å². The number of ether oxygens (including phenoxy) is 1. The molecule has 0 aliphatic carbocycles. The molecule has 0 aliphatic rings. The molecule has 0 aromatic carbocycles. The van der Waals surface area contributed by atoms with Gasteiger partial charge >= 0.3 is 5.97 Å². The Morgan fingerprint density at radius 3 is 2.61 bits per heavy atom. The van der Waals surface area contributed by atoms with E-state index in [1.165, 1.54) is 7.11 Å². The summed E-state index contributed by atoms with van der Waals surface area (Å²) >= 11 is 0. The van der Waals surface area contributed by atoms with E-state index in [4.69, 9.17) is 4.74 Å². The van der Waals surface area contributed by atoms with Gasteiger partial charge in [0.25, 0.3) is 0 Å². The summed E-state index contributed by atoms with van der Waals surface area (Å²) in [6.45, 7) is 5.48. The molecule has 0 bridgehead atoms. The minimum Gasteiger partial charge on any atom is -0.468 e. The minimum absolute atomic E-state index is 0.464.